The molecule has 7 nitrogen and oxygen atoms in total. The Balaban J connectivity index is 1.32. The van der Waals surface area contributed by atoms with Crippen molar-refractivity contribution >= 4 is 17.6 Å². The molecule has 2 aliphatic rings. The first-order chi connectivity index (χ1) is 21.5. The molecule has 45 heavy (non-hydrogen) atoms. The minimum Gasteiger partial charge on any atom is -0.496 e. The van der Waals surface area contributed by atoms with Crippen LogP contribution in [0.1, 0.15) is 102 Å². The van der Waals surface area contributed by atoms with Crippen molar-refractivity contribution in [1.82, 2.24) is 9.78 Å². The van der Waals surface area contributed by atoms with Gasteiger partial charge in [-0.05, 0) is 138 Å². The minimum absolute atomic E-state index is 0.0167. The Bertz CT molecular complexity index is 1460. The molecule has 2 aromatic carbocycles. The zero-order valence-electron chi connectivity index (χ0n) is 27.8. The highest BCUT2D eigenvalue weighted by atomic mass is 16.5. The fraction of sp³-hybridized carbons (Fsp3) is 0.553. The highest BCUT2D eigenvalue weighted by molar-refractivity contribution is 5.95. The summed E-state index contributed by atoms with van der Waals surface area (Å²) >= 11 is 0. The molecule has 0 radical (unpaired) electrons. The van der Waals surface area contributed by atoms with Gasteiger partial charge in [0.15, 0.2) is 0 Å². The number of hydrogen-bond acceptors (Lipinski definition) is 4. The zero-order chi connectivity index (χ0) is 32.1. The van der Waals surface area contributed by atoms with Gasteiger partial charge in [-0.2, -0.15) is 5.10 Å². The van der Waals surface area contributed by atoms with Crippen LogP contribution in [-0.4, -0.2) is 40.4 Å². The van der Waals surface area contributed by atoms with Gasteiger partial charge in [-0.15, -0.1) is 0 Å². The molecule has 0 unspecified atom stereocenters. The summed E-state index contributed by atoms with van der Waals surface area (Å²) in [6.45, 7) is 9.26. The second kappa shape index (κ2) is 14.2. The van der Waals surface area contributed by atoms with E-state index >= 15 is 0 Å². The van der Waals surface area contributed by atoms with Crippen LogP contribution in [0.25, 0.3) is 11.1 Å². The van der Waals surface area contributed by atoms with Gasteiger partial charge < -0.3 is 14.7 Å². The van der Waals surface area contributed by atoms with E-state index in [-0.39, 0.29) is 23.8 Å². The summed E-state index contributed by atoms with van der Waals surface area (Å²) in [7, 11) is 1.72. The van der Waals surface area contributed by atoms with Crippen LogP contribution in [0, 0.1) is 24.7 Å². The van der Waals surface area contributed by atoms with Gasteiger partial charge >= 0.3 is 5.97 Å². The Morgan fingerprint density at radius 1 is 0.956 bits per heavy atom. The lowest BCUT2D eigenvalue weighted by molar-refractivity contribution is -0.137. The molecule has 2 aliphatic carbocycles. The quantitative estimate of drug-likeness (QED) is 0.248. The highest BCUT2D eigenvalue weighted by Gasteiger charge is 2.33. The number of benzene rings is 2. The van der Waals surface area contributed by atoms with E-state index in [9.17, 15) is 9.59 Å². The van der Waals surface area contributed by atoms with Crippen LogP contribution in [-0.2, 0) is 15.1 Å². The molecule has 1 aromatic heterocycles. The molecular formula is C38H51N3O4. The summed E-state index contributed by atoms with van der Waals surface area (Å²) in [6.07, 6.45) is 12.9. The lowest BCUT2D eigenvalue weighted by atomic mass is 9.77. The van der Waals surface area contributed by atoms with Crippen LogP contribution in [0.15, 0.2) is 54.9 Å². The predicted octanol–water partition coefficient (Wildman–Crippen LogP) is 8.60. The number of nitrogens with zero attached hydrogens (tertiary/aromatic N) is 3. The van der Waals surface area contributed by atoms with E-state index in [1.54, 1.807) is 7.11 Å². The van der Waals surface area contributed by atoms with E-state index in [0.29, 0.717) is 24.2 Å². The number of methoxy groups -OCH3 is 1. The number of rotatable bonds is 10. The first-order valence-corrected chi connectivity index (χ1v) is 16.8. The summed E-state index contributed by atoms with van der Waals surface area (Å²) < 4.78 is 7.47. The van der Waals surface area contributed by atoms with Crippen molar-refractivity contribution in [3.8, 4) is 16.9 Å². The van der Waals surface area contributed by atoms with Crippen LogP contribution >= 0.6 is 0 Å². The largest absolute Gasteiger partial charge is 0.496 e. The topological polar surface area (TPSA) is 84.7 Å². The van der Waals surface area contributed by atoms with Gasteiger partial charge in [0, 0.05) is 36.3 Å². The number of anilines is 1. The van der Waals surface area contributed by atoms with E-state index < -0.39 is 5.97 Å². The van der Waals surface area contributed by atoms with Crippen LogP contribution in [0.4, 0.5) is 5.69 Å². The molecule has 3 aromatic rings. The third-order valence-corrected chi connectivity index (χ3v) is 10.2. The molecule has 0 saturated heterocycles. The van der Waals surface area contributed by atoms with Gasteiger partial charge in [-0.25, -0.2) is 0 Å². The highest BCUT2D eigenvalue weighted by Crippen LogP contribution is 2.39. The maximum Gasteiger partial charge on any atom is 0.303 e. The smallest absolute Gasteiger partial charge is 0.303 e. The average molecular weight is 614 g/mol. The summed E-state index contributed by atoms with van der Waals surface area (Å²) in [5.41, 5.74) is 5.54. The SMILES string of the molecule is COc1ccc(C2CCC(CN(C(=O)C3CCC(CCC(=O)O)CC3)c3cccc(-c4cnn(C(C)(C)C)c4)c3)CC2)cc1C. The third-order valence-electron chi connectivity index (χ3n) is 10.2. The Morgan fingerprint density at radius 3 is 2.29 bits per heavy atom. The van der Waals surface area contributed by atoms with Gasteiger partial charge in [0.25, 0.3) is 0 Å². The maximum atomic E-state index is 14.3. The molecule has 0 spiro atoms. The maximum absolute atomic E-state index is 14.3. The number of carboxylic acid groups (broad SMARTS) is 1. The van der Waals surface area contributed by atoms with E-state index in [1.807, 2.05) is 10.9 Å². The van der Waals surface area contributed by atoms with Gasteiger partial charge in [-0.3, -0.25) is 14.3 Å². The van der Waals surface area contributed by atoms with Crippen LogP contribution in [0.5, 0.6) is 5.75 Å². The number of carbonyl (C=O) groups excluding carboxylic acids is 1. The number of ether oxygens (including phenoxy) is 1. The normalized spacial score (nSPS) is 22.2. The van der Waals surface area contributed by atoms with Crippen LogP contribution < -0.4 is 9.64 Å². The number of amides is 1. The Morgan fingerprint density at radius 2 is 1.67 bits per heavy atom. The monoisotopic (exact) mass is 613 g/mol. The number of aliphatic carboxylic acids is 1. The van der Waals surface area contributed by atoms with E-state index in [1.165, 1.54) is 11.1 Å². The number of hydrogen-bond donors (Lipinski definition) is 1. The molecule has 5 rings (SSSR count). The molecule has 1 amide bonds. The second-order valence-electron chi connectivity index (χ2n) is 14.4. The van der Waals surface area contributed by atoms with Crippen LogP contribution in [0.2, 0.25) is 0 Å². The van der Waals surface area contributed by atoms with Crippen molar-refractivity contribution in [2.75, 3.05) is 18.6 Å². The molecule has 2 fully saturated rings. The molecule has 7 heteroatoms. The van der Waals surface area contributed by atoms with Crippen molar-refractivity contribution in [2.24, 2.45) is 17.8 Å². The summed E-state index contributed by atoms with van der Waals surface area (Å²) in [5.74, 6) is 1.80. The zero-order valence-corrected chi connectivity index (χ0v) is 27.8. The average Bonchev–Trinajstić information content (AvgIpc) is 3.55. The van der Waals surface area contributed by atoms with Crippen LogP contribution in [0.3, 0.4) is 0 Å². The number of carboxylic acids is 1. The molecule has 0 bridgehead atoms. The lowest BCUT2D eigenvalue weighted by Crippen LogP contribution is -2.41. The summed E-state index contributed by atoms with van der Waals surface area (Å²) in [6, 6.07) is 15.0. The second-order valence-corrected chi connectivity index (χ2v) is 14.4. The molecular weight excluding hydrogens is 562 g/mol. The Labute approximate surface area is 269 Å². The summed E-state index contributed by atoms with van der Waals surface area (Å²) in [5, 5.41) is 13.7. The molecule has 242 valence electrons. The molecule has 1 N–H and O–H groups in total. The van der Waals surface area contributed by atoms with E-state index in [0.717, 1.165) is 80.5 Å². The Kier molecular flexibility index (Phi) is 10.4. The predicted molar refractivity (Wildman–Crippen MR) is 180 cm³/mol. The third kappa shape index (κ3) is 8.16. The van der Waals surface area contributed by atoms with Gasteiger partial charge in [0.1, 0.15) is 5.75 Å². The van der Waals surface area contributed by atoms with Crippen molar-refractivity contribution in [2.45, 2.75) is 103 Å². The fourth-order valence-electron chi connectivity index (χ4n) is 7.35. The number of carbonyl (C=O) groups is 2. The van der Waals surface area contributed by atoms with Gasteiger partial charge in [0.05, 0.1) is 18.8 Å². The fourth-order valence-corrected chi connectivity index (χ4v) is 7.35. The van der Waals surface area contributed by atoms with Gasteiger partial charge in [0.2, 0.25) is 5.91 Å². The van der Waals surface area contributed by atoms with Crippen molar-refractivity contribution in [1.29, 1.82) is 0 Å². The Hall–Kier alpha value is -3.61. The standard InChI is InChI=1S/C38H51N3O4/c1-26-21-32(18-19-35(26)45-5)29-14-11-28(12-15-29)24-40(37(44)30-16-9-27(10-17-30)13-20-36(42)43)34-8-6-7-31(22-34)33-23-39-41(25-33)38(2,3)4/h6-8,18-19,21-23,25,27-30H,9-17,20,24H2,1-5H3,(H,42,43). The molecule has 0 atom stereocenters. The van der Waals surface area contributed by atoms with Crippen molar-refractivity contribution in [3.05, 3.63) is 66.0 Å². The first kappa shape index (κ1) is 32.8. The molecule has 1 heterocycles. The lowest BCUT2D eigenvalue weighted by Gasteiger charge is -2.36. The van der Waals surface area contributed by atoms with E-state index in [4.69, 9.17) is 9.84 Å². The van der Waals surface area contributed by atoms with Gasteiger partial charge in [-0.1, -0.05) is 24.3 Å². The summed E-state index contributed by atoms with van der Waals surface area (Å²) in [4.78, 5) is 27.5. The van der Waals surface area contributed by atoms with Crippen molar-refractivity contribution in [3.63, 3.8) is 0 Å². The molecule has 0 aliphatic heterocycles. The number of aryl methyl sites for hydroxylation is 1. The number of aromatic nitrogens is 2. The first-order valence-electron chi connectivity index (χ1n) is 16.8. The minimum atomic E-state index is -0.732. The molecule has 2 saturated carbocycles. The van der Waals surface area contributed by atoms with Crippen molar-refractivity contribution < 1.29 is 19.4 Å². The van der Waals surface area contributed by atoms with E-state index in [2.05, 4.69) is 86.4 Å².